The van der Waals surface area contributed by atoms with Crippen LogP contribution in [0, 0.1) is 34.9 Å². The number of nitrogens with zero attached hydrogens (tertiary/aromatic N) is 1. The van der Waals surface area contributed by atoms with Crippen LogP contribution in [0.1, 0.15) is 33.4 Å². The van der Waals surface area contributed by atoms with Crippen molar-refractivity contribution in [3.05, 3.63) is 196 Å². The van der Waals surface area contributed by atoms with Gasteiger partial charge in [-0.1, -0.05) is 72.9 Å². The number of hydrogen-bond donors (Lipinski definition) is 0. The molecule has 7 heteroatoms. The second-order valence-corrected chi connectivity index (χ2v) is 11.1. The minimum atomic E-state index is -0.652. The minimum absolute atomic E-state index is 0.264. The fraction of sp³-hybridized carbons (Fsp3) is 0. The third-order valence-corrected chi connectivity index (χ3v) is 7.71. The molecule has 0 N–H and O–H groups in total. The van der Waals surface area contributed by atoms with Crippen LogP contribution >= 0.6 is 0 Å². The zero-order valence-electron chi connectivity index (χ0n) is 25.8. The summed E-state index contributed by atoms with van der Waals surface area (Å²) in [6, 6.07) is 33.0. The summed E-state index contributed by atoms with van der Waals surface area (Å²) in [5.41, 5.74) is 5.65. The van der Waals surface area contributed by atoms with E-state index in [0.717, 1.165) is 52.0 Å². The number of rotatable bonds is 9. The van der Waals surface area contributed by atoms with Crippen LogP contribution in [0.2, 0.25) is 0 Å². The molecule has 0 saturated heterocycles. The number of benzene rings is 6. The van der Waals surface area contributed by atoms with Gasteiger partial charge in [-0.15, -0.1) is 0 Å². The Bertz CT molecular complexity index is 1920. The Kier molecular flexibility index (Phi) is 9.91. The van der Waals surface area contributed by atoms with Gasteiger partial charge in [-0.3, -0.25) is 0 Å². The molecule has 0 bridgehead atoms. The summed E-state index contributed by atoms with van der Waals surface area (Å²) in [6.45, 7) is 0. The van der Waals surface area contributed by atoms with Crippen LogP contribution in [0.3, 0.4) is 0 Å². The fourth-order valence-corrected chi connectivity index (χ4v) is 5.12. The lowest BCUT2D eigenvalue weighted by Gasteiger charge is -2.26. The van der Waals surface area contributed by atoms with Crippen molar-refractivity contribution in [2.24, 2.45) is 0 Å². The van der Waals surface area contributed by atoms with E-state index in [0.29, 0.717) is 0 Å². The van der Waals surface area contributed by atoms with Crippen molar-refractivity contribution in [1.29, 1.82) is 0 Å². The molecule has 6 aromatic rings. The fourth-order valence-electron chi connectivity index (χ4n) is 5.12. The first kappa shape index (κ1) is 32.8. The summed E-state index contributed by atoms with van der Waals surface area (Å²) in [5, 5.41) is 0. The molecule has 0 amide bonds. The maximum atomic E-state index is 14.1. The number of halogens is 6. The van der Waals surface area contributed by atoms with Crippen LogP contribution in [0.5, 0.6) is 0 Å². The molecule has 0 aliphatic heterocycles. The van der Waals surface area contributed by atoms with Crippen LogP contribution < -0.4 is 4.90 Å². The van der Waals surface area contributed by atoms with Gasteiger partial charge in [-0.2, -0.15) is 0 Å². The molecule has 0 heterocycles. The molecule has 0 spiro atoms. The van der Waals surface area contributed by atoms with E-state index in [9.17, 15) is 26.3 Å². The molecule has 0 saturated carbocycles. The summed E-state index contributed by atoms with van der Waals surface area (Å²) in [4.78, 5) is 2.02. The van der Waals surface area contributed by atoms with Gasteiger partial charge < -0.3 is 4.90 Å². The third-order valence-electron chi connectivity index (χ3n) is 7.71. The first-order valence-electron chi connectivity index (χ1n) is 15.2. The molecule has 0 fully saturated rings. The molecule has 0 aromatic heterocycles. The SMILES string of the molecule is Fc1ccc(/C=C/c2ccc(N(c3ccc(/C=C/c4ccc(F)cc4F)cc3)c3ccc(/C=C/c4ccc(F)cc4F)cc3)cc2)c(F)c1. The van der Waals surface area contributed by atoms with E-state index in [1.807, 2.05) is 77.7 Å². The van der Waals surface area contributed by atoms with Crippen LogP contribution in [0.25, 0.3) is 36.5 Å². The Hall–Kier alpha value is -6.08. The largest absolute Gasteiger partial charge is 0.311 e. The summed E-state index contributed by atoms with van der Waals surface area (Å²) in [7, 11) is 0. The van der Waals surface area contributed by atoms with E-state index < -0.39 is 34.9 Å². The molecule has 0 aliphatic rings. The van der Waals surface area contributed by atoms with Crippen molar-refractivity contribution in [2.75, 3.05) is 4.90 Å². The van der Waals surface area contributed by atoms with E-state index in [2.05, 4.69) is 0 Å². The molecular formula is C42H27F6N. The Morgan fingerprint density at radius 1 is 0.306 bits per heavy atom. The van der Waals surface area contributed by atoms with Crippen molar-refractivity contribution in [1.82, 2.24) is 0 Å². The lowest BCUT2D eigenvalue weighted by Crippen LogP contribution is -2.09. The van der Waals surface area contributed by atoms with Crippen molar-refractivity contribution in [2.45, 2.75) is 0 Å². The van der Waals surface area contributed by atoms with Gasteiger partial charge in [0.05, 0.1) is 0 Å². The summed E-state index contributed by atoms with van der Waals surface area (Å²) < 4.78 is 82.3. The highest BCUT2D eigenvalue weighted by Crippen LogP contribution is 2.35. The van der Waals surface area contributed by atoms with Crippen LogP contribution in [-0.4, -0.2) is 0 Å². The molecule has 49 heavy (non-hydrogen) atoms. The van der Waals surface area contributed by atoms with Gasteiger partial charge in [-0.25, -0.2) is 26.3 Å². The van der Waals surface area contributed by atoms with Gasteiger partial charge in [0.1, 0.15) is 34.9 Å². The average molecular weight is 660 g/mol. The van der Waals surface area contributed by atoms with Crippen LogP contribution in [0.15, 0.2) is 127 Å². The highest BCUT2D eigenvalue weighted by Gasteiger charge is 2.13. The van der Waals surface area contributed by atoms with Gasteiger partial charge in [0.25, 0.3) is 0 Å². The maximum absolute atomic E-state index is 14.1. The van der Waals surface area contributed by atoms with Gasteiger partial charge in [0.15, 0.2) is 0 Å². The zero-order chi connectivity index (χ0) is 34.3. The predicted octanol–water partition coefficient (Wildman–Crippen LogP) is 12.5. The van der Waals surface area contributed by atoms with Crippen molar-refractivity contribution in [3.63, 3.8) is 0 Å². The first-order chi connectivity index (χ1) is 23.7. The van der Waals surface area contributed by atoms with Gasteiger partial charge in [-0.05, 0) is 89.5 Å². The zero-order valence-corrected chi connectivity index (χ0v) is 25.8. The highest BCUT2D eigenvalue weighted by atomic mass is 19.2. The van der Waals surface area contributed by atoms with E-state index in [1.165, 1.54) is 36.4 Å². The van der Waals surface area contributed by atoms with E-state index in [4.69, 9.17) is 0 Å². The molecule has 0 radical (unpaired) electrons. The quantitative estimate of drug-likeness (QED) is 0.110. The molecule has 6 aromatic carbocycles. The van der Waals surface area contributed by atoms with Crippen molar-refractivity contribution in [3.8, 4) is 0 Å². The smallest absolute Gasteiger partial charge is 0.133 e. The lowest BCUT2D eigenvalue weighted by molar-refractivity contribution is 0.581. The molecule has 0 atom stereocenters. The highest BCUT2D eigenvalue weighted by molar-refractivity contribution is 5.80. The Morgan fingerprint density at radius 3 is 0.816 bits per heavy atom. The van der Waals surface area contributed by atoms with E-state index >= 15 is 0 Å². The Labute approximate surface area is 280 Å². The maximum Gasteiger partial charge on any atom is 0.133 e. The molecule has 0 unspecified atom stereocenters. The number of anilines is 3. The monoisotopic (exact) mass is 659 g/mol. The Balaban J connectivity index is 1.29. The second-order valence-electron chi connectivity index (χ2n) is 11.1. The number of hydrogen-bond acceptors (Lipinski definition) is 1. The molecule has 242 valence electrons. The van der Waals surface area contributed by atoms with Crippen LogP contribution in [0.4, 0.5) is 43.4 Å². The third kappa shape index (κ3) is 8.26. The van der Waals surface area contributed by atoms with Crippen molar-refractivity contribution < 1.29 is 26.3 Å². The van der Waals surface area contributed by atoms with Crippen LogP contribution in [-0.2, 0) is 0 Å². The van der Waals surface area contributed by atoms with E-state index in [1.54, 1.807) is 36.5 Å². The summed E-state index contributed by atoms with van der Waals surface area (Å²) in [6.07, 6.45) is 9.95. The lowest BCUT2D eigenvalue weighted by atomic mass is 10.1. The predicted molar refractivity (Wildman–Crippen MR) is 187 cm³/mol. The molecule has 1 nitrogen and oxygen atoms in total. The standard InChI is InChI=1S/C42H27F6N/c43-34-16-13-31(40(46)25-34)10-1-28-4-19-37(20-5-28)49(38-21-6-29(7-22-38)2-11-32-14-17-35(44)26-41(32)47)39-23-8-30(9-24-39)3-12-33-15-18-36(45)27-42(33)48/h1-27H/b10-1+,11-2+,12-3+. The van der Waals surface area contributed by atoms with E-state index in [-0.39, 0.29) is 16.7 Å². The molecule has 6 rings (SSSR count). The van der Waals surface area contributed by atoms with Gasteiger partial charge >= 0.3 is 0 Å². The average Bonchev–Trinajstić information content (AvgIpc) is 3.09. The second kappa shape index (κ2) is 14.8. The molecular weight excluding hydrogens is 632 g/mol. The van der Waals surface area contributed by atoms with Crippen molar-refractivity contribution >= 4 is 53.5 Å². The Morgan fingerprint density at radius 2 is 0.571 bits per heavy atom. The molecule has 0 aliphatic carbocycles. The summed E-state index contributed by atoms with van der Waals surface area (Å²) in [5.74, 6) is -3.88. The summed E-state index contributed by atoms with van der Waals surface area (Å²) >= 11 is 0. The van der Waals surface area contributed by atoms with Gasteiger partial charge in [0, 0.05) is 52.0 Å². The van der Waals surface area contributed by atoms with Gasteiger partial charge in [0.2, 0.25) is 0 Å². The normalized spacial score (nSPS) is 11.6. The first-order valence-corrected chi connectivity index (χ1v) is 15.2. The topological polar surface area (TPSA) is 3.24 Å². The minimum Gasteiger partial charge on any atom is -0.311 e.